The van der Waals surface area contributed by atoms with E-state index in [2.05, 4.69) is 79.6 Å². The molecular weight excluding hydrogens is 588 g/mol. The van der Waals surface area contributed by atoms with E-state index in [-0.39, 0.29) is 39.9 Å². The Morgan fingerprint density at radius 2 is 0.571 bits per heavy atom. The van der Waals surface area contributed by atoms with Gasteiger partial charge in [0.25, 0.3) is 0 Å². The Hall–Kier alpha value is 1.76. The molecule has 0 aromatic rings. The van der Waals surface area contributed by atoms with Crippen LogP contribution in [0.15, 0.2) is 0 Å². The Bertz CT molecular complexity index is 289. The average Bonchev–Trinajstić information content (AvgIpc) is 2.62. The fourth-order valence-electron chi connectivity index (χ4n) is 3.22. The van der Waals surface area contributed by atoms with Crippen molar-refractivity contribution in [2.75, 3.05) is 0 Å². The van der Waals surface area contributed by atoms with Crippen molar-refractivity contribution in [3.63, 3.8) is 0 Å². The molecule has 2 saturated carbocycles. The van der Waals surface area contributed by atoms with Crippen LogP contribution in [0.5, 0.6) is 0 Å². The van der Waals surface area contributed by atoms with Gasteiger partial charge in [-0.1, -0.05) is 73.9 Å². The van der Waals surface area contributed by atoms with Gasteiger partial charge < -0.3 is 5.67 Å². The van der Waals surface area contributed by atoms with Gasteiger partial charge in [0.2, 0.25) is 0 Å². The van der Waals surface area contributed by atoms with E-state index in [1.54, 1.807) is 0 Å². The molecule has 2 aliphatic rings. The van der Waals surface area contributed by atoms with Gasteiger partial charge in [0.1, 0.15) is 0 Å². The van der Waals surface area contributed by atoms with E-state index in [0.717, 1.165) is 0 Å². The SMILES string of the molecule is C[C]1[C](C)[C](C)[C](C)[C]1C.C[Si](C)(C)[CH-][Si](C)(C)C.[CH]1[CH][CH][CH][CH][CH][CH][CH]1.[Th]. The van der Waals surface area contributed by atoms with Crippen molar-refractivity contribution in [3.8, 4) is 0 Å². The smallest absolute Gasteiger partial charge is 0 e. The first-order chi connectivity index (χ1) is 12.3. The van der Waals surface area contributed by atoms with Crippen molar-refractivity contribution in [2.45, 2.75) is 73.9 Å². The molecule has 0 N–H and O–H groups in total. The van der Waals surface area contributed by atoms with Gasteiger partial charge in [0, 0.05) is 39.9 Å². The van der Waals surface area contributed by atoms with Crippen molar-refractivity contribution in [1.82, 2.24) is 0 Å². The summed E-state index contributed by atoms with van der Waals surface area (Å²) in [6.07, 6.45) is 16.0. The van der Waals surface area contributed by atoms with Crippen molar-refractivity contribution in [3.05, 3.63) is 86.6 Å². The Morgan fingerprint density at radius 1 is 0.429 bits per heavy atom. The summed E-state index contributed by atoms with van der Waals surface area (Å²) < 4.78 is 0. The third-order valence-corrected chi connectivity index (χ3v) is 11.5. The largest absolute Gasteiger partial charge is 0.327 e. The van der Waals surface area contributed by atoms with E-state index in [4.69, 9.17) is 0 Å². The standard InChI is InChI=1S/C10H15.C8H8.C7H19Si2.Th/c1-6-7(2)9(4)10(5)8(6)3;1-2-4-6-8-7-5-3-1;1-8(2,3)7-9(4,5)6;/h1-5H3;1-8H;7H,1-6H3;/q;;-1;. The fraction of sp³-hybridized carbons (Fsp3) is 0.440. The predicted molar refractivity (Wildman–Crippen MR) is 130 cm³/mol. The maximum Gasteiger partial charge on any atom is 0 e. The third-order valence-electron chi connectivity index (χ3n) is 4.57. The van der Waals surface area contributed by atoms with Gasteiger partial charge in [-0.05, 0) is 81.0 Å². The summed E-state index contributed by atoms with van der Waals surface area (Å²) in [6.45, 7) is 25.4. The maximum absolute atomic E-state index is 2.65. The Labute approximate surface area is 214 Å². The van der Waals surface area contributed by atoms with Gasteiger partial charge in [-0.3, -0.25) is 0 Å². The zero-order valence-electron chi connectivity index (χ0n) is 20.2. The van der Waals surface area contributed by atoms with Crippen LogP contribution >= 0.6 is 0 Å². The molecule has 0 aromatic carbocycles. The van der Waals surface area contributed by atoms with Crippen LogP contribution in [0, 0.1) is 127 Å². The van der Waals surface area contributed by atoms with Crippen LogP contribution in [0.4, 0.5) is 0 Å². The van der Waals surface area contributed by atoms with E-state index in [1.807, 2.05) is 51.4 Å². The molecule has 0 unspecified atom stereocenters. The minimum absolute atomic E-state index is 0. The molecule has 0 amide bonds. The van der Waals surface area contributed by atoms with Crippen LogP contribution in [-0.2, 0) is 0 Å². The van der Waals surface area contributed by atoms with Crippen LogP contribution in [0.1, 0.15) is 34.6 Å². The van der Waals surface area contributed by atoms with Crippen LogP contribution < -0.4 is 0 Å². The second-order valence-electron chi connectivity index (χ2n) is 9.54. The topological polar surface area (TPSA) is 0 Å². The van der Waals surface area contributed by atoms with Crippen LogP contribution in [0.2, 0.25) is 39.3 Å². The Morgan fingerprint density at radius 3 is 0.643 bits per heavy atom. The molecule has 0 heterocycles. The summed E-state index contributed by atoms with van der Waals surface area (Å²) in [5.74, 6) is 7.34. The normalized spacial score (nSPS) is 21.5. The molecule has 2 aliphatic carbocycles. The average molecular weight is 631 g/mol. The molecular formula is C25H42Si2Th-. The summed E-state index contributed by atoms with van der Waals surface area (Å²) in [5, 5.41) is 0. The van der Waals surface area contributed by atoms with Crippen molar-refractivity contribution in [2.24, 2.45) is 0 Å². The van der Waals surface area contributed by atoms with E-state index in [0.29, 0.717) is 0 Å². The molecule has 0 aliphatic heterocycles. The van der Waals surface area contributed by atoms with Gasteiger partial charge in [0.05, 0.1) is 0 Å². The second-order valence-corrected chi connectivity index (χ2v) is 20.2. The molecule has 0 nitrogen and oxygen atoms in total. The minimum Gasteiger partial charge on any atom is -0.327 e. The maximum atomic E-state index is 2.65. The van der Waals surface area contributed by atoms with E-state index in [9.17, 15) is 0 Å². The molecule has 0 bridgehead atoms. The number of hydrogen-bond acceptors (Lipinski definition) is 0. The molecule has 2 fully saturated rings. The van der Waals surface area contributed by atoms with E-state index >= 15 is 0 Å². The summed E-state index contributed by atoms with van der Waals surface area (Å²) in [7, 11) is -1.71. The fourth-order valence-corrected chi connectivity index (χ4v) is 13.6. The number of rotatable bonds is 2. The molecule has 13 radical (unpaired) electrons. The monoisotopic (exact) mass is 630 g/mol. The van der Waals surface area contributed by atoms with Gasteiger partial charge in [-0.25, -0.2) is 0 Å². The number of hydrogen-bond donors (Lipinski definition) is 0. The summed E-state index contributed by atoms with van der Waals surface area (Å²) in [4.78, 5) is 0. The zero-order chi connectivity index (χ0) is 21.3. The molecule has 28 heavy (non-hydrogen) atoms. The zero-order valence-corrected chi connectivity index (χ0v) is 26.3. The van der Waals surface area contributed by atoms with Crippen LogP contribution in [0.3, 0.4) is 0 Å². The minimum atomic E-state index is -0.856. The Balaban J connectivity index is 0. The molecule has 0 spiro atoms. The van der Waals surface area contributed by atoms with Gasteiger partial charge in [0.15, 0.2) is 0 Å². The van der Waals surface area contributed by atoms with Crippen molar-refractivity contribution >= 4 is 16.1 Å². The molecule has 155 valence electrons. The molecule has 0 atom stereocenters. The third kappa shape index (κ3) is 15.5. The molecule has 0 aromatic heterocycles. The van der Waals surface area contributed by atoms with Gasteiger partial charge in [-0.2, -0.15) is 0 Å². The van der Waals surface area contributed by atoms with Gasteiger partial charge >= 0.3 is 0 Å². The molecule has 2 rings (SSSR count). The summed E-state index contributed by atoms with van der Waals surface area (Å²) in [6, 6.07) is 0. The van der Waals surface area contributed by atoms with Crippen molar-refractivity contribution < 1.29 is 39.9 Å². The molecule has 0 saturated heterocycles. The summed E-state index contributed by atoms with van der Waals surface area (Å²) >= 11 is 0. The van der Waals surface area contributed by atoms with Crippen LogP contribution in [0.25, 0.3) is 0 Å². The molecule has 3 heteroatoms. The predicted octanol–water partition coefficient (Wildman–Crippen LogP) is 7.55. The summed E-state index contributed by atoms with van der Waals surface area (Å²) in [5.41, 5.74) is 2.65. The van der Waals surface area contributed by atoms with E-state index < -0.39 is 16.1 Å². The van der Waals surface area contributed by atoms with Crippen molar-refractivity contribution in [1.29, 1.82) is 0 Å². The first-order valence-electron chi connectivity index (χ1n) is 9.99. The first kappa shape index (κ1) is 31.9. The quantitative estimate of drug-likeness (QED) is 0.218. The second kappa shape index (κ2) is 15.5. The van der Waals surface area contributed by atoms with Gasteiger partial charge in [-0.15, -0.1) is 16.1 Å². The van der Waals surface area contributed by atoms with Crippen LogP contribution in [-0.4, -0.2) is 16.1 Å². The van der Waals surface area contributed by atoms with E-state index in [1.165, 1.54) is 29.6 Å². The first-order valence-corrected chi connectivity index (χ1v) is 17.1. The Kier molecular flexibility index (Phi) is 17.7.